The summed E-state index contributed by atoms with van der Waals surface area (Å²) in [4.78, 5) is 32.0. The van der Waals surface area contributed by atoms with Gasteiger partial charge in [0.2, 0.25) is 0 Å². The van der Waals surface area contributed by atoms with Gasteiger partial charge < -0.3 is 14.9 Å². The molecule has 0 spiro atoms. The maximum absolute atomic E-state index is 10.8. The first kappa shape index (κ1) is 29.7. The standard InChI is InChI=1S/C9H14O4S3.C7H12O2.CH4/c1-8(2,5(10)11)15-7(14)16-9(3,4)6(12)13;1-3-5-6-9-7(8)4-2;/h1-4H3,(H,10,11)(H,12,13);4H,2-3,5-6H2,1H3;1H4. The molecule has 0 saturated carbocycles. The third kappa shape index (κ3) is 14.1. The van der Waals surface area contributed by atoms with Gasteiger partial charge in [-0.2, -0.15) is 0 Å². The average molecular weight is 427 g/mol. The molecule has 0 rings (SSSR count). The fourth-order valence-electron chi connectivity index (χ4n) is 0.901. The molecule has 0 bridgehead atoms. The Morgan fingerprint density at radius 2 is 1.46 bits per heavy atom. The Balaban J connectivity index is -0.000000453. The summed E-state index contributed by atoms with van der Waals surface area (Å²) in [5.74, 6) is -2.29. The van der Waals surface area contributed by atoms with Crippen molar-refractivity contribution in [2.45, 2.75) is 64.4 Å². The number of unbranched alkanes of at least 4 members (excludes halogenated alkanes) is 1. The first-order valence-corrected chi connectivity index (χ1v) is 9.52. The van der Waals surface area contributed by atoms with Gasteiger partial charge in [0.15, 0.2) is 0 Å². The van der Waals surface area contributed by atoms with Gasteiger partial charge >= 0.3 is 17.9 Å². The number of carbonyl (C=O) groups excluding carboxylic acids is 1. The van der Waals surface area contributed by atoms with E-state index < -0.39 is 21.4 Å². The minimum atomic E-state index is -1.04. The highest BCUT2D eigenvalue weighted by Crippen LogP contribution is 2.36. The molecule has 152 valence electrons. The molecule has 0 atom stereocenters. The van der Waals surface area contributed by atoms with Gasteiger partial charge in [-0.05, 0) is 34.1 Å². The average Bonchev–Trinajstić information content (AvgIpc) is 2.46. The number of hydrogen-bond donors (Lipinski definition) is 2. The van der Waals surface area contributed by atoms with Crippen LogP contribution in [0, 0.1) is 0 Å². The molecule has 0 radical (unpaired) electrons. The molecule has 9 heteroatoms. The fourth-order valence-corrected chi connectivity index (χ4v) is 4.58. The van der Waals surface area contributed by atoms with Crippen LogP contribution >= 0.6 is 35.7 Å². The van der Waals surface area contributed by atoms with Crippen molar-refractivity contribution in [1.82, 2.24) is 0 Å². The molecular weight excluding hydrogens is 396 g/mol. The molecule has 0 saturated heterocycles. The molecule has 26 heavy (non-hydrogen) atoms. The van der Waals surface area contributed by atoms with E-state index in [2.05, 4.69) is 11.3 Å². The number of carboxylic acid groups (broad SMARTS) is 2. The van der Waals surface area contributed by atoms with Crippen molar-refractivity contribution < 1.29 is 29.3 Å². The minimum Gasteiger partial charge on any atom is -0.480 e. The van der Waals surface area contributed by atoms with E-state index in [-0.39, 0.29) is 13.4 Å². The molecule has 0 unspecified atom stereocenters. The van der Waals surface area contributed by atoms with Gasteiger partial charge in [0.25, 0.3) is 0 Å². The quantitative estimate of drug-likeness (QED) is 0.249. The number of thioether (sulfide) groups is 2. The summed E-state index contributed by atoms with van der Waals surface area (Å²) >= 11 is 6.96. The lowest BCUT2D eigenvalue weighted by molar-refractivity contribution is -0.139. The summed E-state index contributed by atoms with van der Waals surface area (Å²) in [6.45, 7) is 11.9. The maximum atomic E-state index is 10.8. The molecule has 0 aromatic rings. The van der Waals surface area contributed by atoms with Crippen molar-refractivity contribution in [3.05, 3.63) is 12.7 Å². The van der Waals surface area contributed by atoms with Crippen molar-refractivity contribution >= 4 is 57.2 Å². The predicted molar refractivity (Wildman–Crippen MR) is 114 cm³/mol. The third-order valence-corrected chi connectivity index (χ3v) is 5.32. The summed E-state index contributed by atoms with van der Waals surface area (Å²) in [6, 6.07) is 0. The summed E-state index contributed by atoms with van der Waals surface area (Å²) in [7, 11) is 0. The van der Waals surface area contributed by atoms with Crippen LogP contribution in [-0.2, 0) is 19.1 Å². The third-order valence-electron chi connectivity index (χ3n) is 2.62. The highest BCUT2D eigenvalue weighted by Gasteiger charge is 2.34. The van der Waals surface area contributed by atoms with Gasteiger partial charge in [-0.1, -0.05) is 63.1 Å². The number of hydrogen-bond acceptors (Lipinski definition) is 7. The first-order chi connectivity index (χ1) is 11.3. The molecule has 6 nitrogen and oxygen atoms in total. The van der Waals surface area contributed by atoms with E-state index in [1.165, 1.54) is 33.8 Å². The summed E-state index contributed by atoms with van der Waals surface area (Å²) < 4.78 is 2.91. The zero-order valence-electron chi connectivity index (χ0n) is 15.2. The molecule has 0 aliphatic carbocycles. The van der Waals surface area contributed by atoms with Crippen LogP contribution in [0.15, 0.2) is 12.7 Å². The second-order valence-corrected chi connectivity index (χ2v) is 10.3. The van der Waals surface area contributed by atoms with E-state index in [9.17, 15) is 14.4 Å². The predicted octanol–water partition coefficient (Wildman–Crippen LogP) is 4.62. The lowest BCUT2D eigenvalue weighted by Gasteiger charge is -2.22. The highest BCUT2D eigenvalue weighted by molar-refractivity contribution is 8.48. The smallest absolute Gasteiger partial charge is 0.330 e. The van der Waals surface area contributed by atoms with Gasteiger partial charge in [-0.25, -0.2) is 4.79 Å². The highest BCUT2D eigenvalue weighted by atomic mass is 32.2. The summed E-state index contributed by atoms with van der Waals surface area (Å²) in [5, 5.41) is 17.8. The molecule has 0 amide bonds. The second-order valence-electron chi connectivity index (χ2n) is 5.81. The van der Waals surface area contributed by atoms with E-state index in [4.69, 9.17) is 22.4 Å². The van der Waals surface area contributed by atoms with Crippen LogP contribution < -0.4 is 0 Å². The van der Waals surface area contributed by atoms with E-state index in [0.29, 0.717) is 10.1 Å². The van der Waals surface area contributed by atoms with Crippen LogP contribution in [0.4, 0.5) is 0 Å². The van der Waals surface area contributed by atoms with Gasteiger partial charge in [0, 0.05) is 6.08 Å². The van der Waals surface area contributed by atoms with Crippen molar-refractivity contribution in [2.24, 2.45) is 0 Å². The van der Waals surface area contributed by atoms with E-state index >= 15 is 0 Å². The van der Waals surface area contributed by atoms with Crippen LogP contribution in [0.3, 0.4) is 0 Å². The number of carbonyl (C=O) groups is 3. The van der Waals surface area contributed by atoms with Crippen LogP contribution in [-0.4, -0.2) is 47.8 Å². The van der Waals surface area contributed by atoms with Gasteiger partial charge in [-0.3, -0.25) is 9.59 Å². The fraction of sp³-hybridized carbons (Fsp3) is 0.647. The molecule has 0 aliphatic heterocycles. The Morgan fingerprint density at radius 1 is 1.08 bits per heavy atom. The SMILES string of the molecule is C.C=CC(=O)OCCCC.CC(C)(SC(=S)SC(C)(C)C(=O)O)C(=O)O. The normalized spacial score (nSPS) is 10.5. The summed E-state index contributed by atoms with van der Waals surface area (Å²) in [5.41, 5.74) is 0. The Bertz CT molecular complexity index is 471. The molecule has 2 N–H and O–H groups in total. The summed E-state index contributed by atoms with van der Waals surface area (Å²) in [6.07, 6.45) is 3.15. The molecule has 0 fully saturated rings. The van der Waals surface area contributed by atoms with E-state index in [1.807, 2.05) is 6.92 Å². The van der Waals surface area contributed by atoms with Crippen LogP contribution in [0.1, 0.15) is 54.9 Å². The number of ether oxygens (including phenoxy) is 1. The number of aliphatic carboxylic acids is 2. The van der Waals surface area contributed by atoms with Crippen LogP contribution in [0.2, 0.25) is 0 Å². The topological polar surface area (TPSA) is 101 Å². The number of thiocarbonyl (C=S) groups is 1. The first-order valence-electron chi connectivity index (χ1n) is 7.48. The lowest BCUT2D eigenvalue weighted by atomic mass is 10.2. The Hall–Kier alpha value is -1.06. The number of esters is 1. The largest absolute Gasteiger partial charge is 0.480 e. The zero-order chi connectivity index (χ0) is 20.3. The maximum Gasteiger partial charge on any atom is 0.330 e. The number of rotatable bonds is 8. The monoisotopic (exact) mass is 426 g/mol. The Morgan fingerprint density at radius 3 is 1.73 bits per heavy atom. The molecule has 0 aliphatic rings. The van der Waals surface area contributed by atoms with Crippen molar-refractivity contribution in [2.75, 3.05) is 6.61 Å². The van der Waals surface area contributed by atoms with Crippen molar-refractivity contribution in [1.29, 1.82) is 0 Å². The zero-order valence-corrected chi connectivity index (χ0v) is 17.6. The lowest BCUT2D eigenvalue weighted by Crippen LogP contribution is -2.31. The molecule has 0 aromatic heterocycles. The van der Waals surface area contributed by atoms with Gasteiger partial charge in [-0.15, -0.1) is 0 Å². The van der Waals surface area contributed by atoms with E-state index in [0.717, 1.165) is 36.4 Å². The van der Waals surface area contributed by atoms with Crippen molar-refractivity contribution in [3.63, 3.8) is 0 Å². The van der Waals surface area contributed by atoms with E-state index in [1.54, 1.807) is 0 Å². The number of carboxylic acids is 2. The Kier molecular flexibility index (Phi) is 16.1. The molecule has 0 aromatic carbocycles. The van der Waals surface area contributed by atoms with Gasteiger partial charge in [0.05, 0.1) is 6.61 Å². The van der Waals surface area contributed by atoms with Crippen LogP contribution in [0.5, 0.6) is 0 Å². The molecular formula is C17H30O6S3. The minimum absolute atomic E-state index is 0. The van der Waals surface area contributed by atoms with Gasteiger partial charge in [0.1, 0.15) is 13.0 Å². The Labute approximate surface area is 170 Å². The van der Waals surface area contributed by atoms with Crippen molar-refractivity contribution in [3.8, 4) is 0 Å². The molecule has 0 heterocycles. The van der Waals surface area contributed by atoms with Crippen LogP contribution in [0.25, 0.3) is 0 Å². The second kappa shape index (κ2) is 14.1.